The molecule has 4 rings (SSSR count). The zero-order chi connectivity index (χ0) is 26.7. The van der Waals surface area contributed by atoms with Gasteiger partial charge in [0.2, 0.25) is 11.8 Å². The summed E-state index contributed by atoms with van der Waals surface area (Å²) in [7, 11) is 0. The molecule has 0 saturated heterocycles. The van der Waals surface area contributed by atoms with Crippen molar-refractivity contribution in [1.29, 1.82) is 0 Å². The average Bonchev–Trinajstić information content (AvgIpc) is 3.50. The summed E-state index contributed by atoms with van der Waals surface area (Å²) in [5.74, 6) is 0.464. The SMILES string of the molecule is CCCN(Cc1ccc(-c2ccccc2-c2nnn[nH]2)cc1)C(=O)CNC(=O)C(CS)Cc1ccccc1. The normalized spacial score (nSPS) is 11.6. The fraction of sp³-hybridized carbons (Fsp3) is 0.276. The molecule has 9 heteroatoms. The Morgan fingerprint density at radius 2 is 1.66 bits per heavy atom. The number of aromatic nitrogens is 4. The molecule has 2 N–H and O–H groups in total. The molecule has 196 valence electrons. The van der Waals surface area contributed by atoms with Gasteiger partial charge in [0, 0.05) is 24.4 Å². The van der Waals surface area contributed by atoms with Gasteiger partial charge in [0.05, 0.1) is 12.5 Å². The van der Waals surface area contributed by atoms with E-state index in [1.807, 2.05) is 85.8 Å². The molecule has 4 aromatic rings. The summed E-state index contributed by atoms with van der Waals surface area (Å²) in [6.45, 7) is 3.08. The van der Waals surface area contributed by atoms with Gasteiger partial charge in [-0.3, -0.25) is 9.59 Å². The van der Waals surface area contributed by atoms with E-state index >= 15 is 0 Å². The van der Waals surface area contributed by atoms with Gasteiger partial charge in [-0.1, -0.05) is 85.8 Å². The molecule has 1 aromatic heterocycles. The van der Waals surface area contributed by atoms with E-state index in [0.29, 0.717) is 31.1 Å². The van der Waals surface area contributed by atoms with Crippen LogP contribution in [0.3, 0.4) is 0 Å². The minimum atomic E-state index is -0.295. The third kappa shape index (κ3) is 7.07. The van der Waals surface area contributed by atoms with Crippen molar-refractivity contribution in [1.82, 2.24) is 30.8 Å². The van der Waals surface area contributed by atoms with Gasteiger partial charge in [0.25, 0.3) is 0 Å². The number of rotatable bonds is 12. The molecule has 0 spiro atoms. The third-order valence-corrected chi connectivity index (χ3v) is 6.78. The van der Waals surface area contributed by atoms with Crippen LogP contribution in [0.2, 0.25) is 0 Å². The number of H-pyrrole nitrogens is 1. The number of carbonyl (C=O) groups is 2. The molecule has 0 fully saturated rings. The molecular formula is C29H32N6O2S. The fourth-order valence-electron chi connectivity index (χ4n) is 4.34. The maximum atomic E-state index is 13.0. The van der Waals surface area contributed by atoms with Crippen LogP contribution in [0, 0.1) is 5.92 Å². The first-order valence-electron chi connectivity index (χ1n) is 12.7. The second kappa shape index (κ2) is 13.5. The topological polar surface area (TPSA) is 104 Å². The Kier molecular flexibility index (Phi) is 9.64. The number of hydrogen-bond acceptors (Lipinski definition) is 6. The second-order valence-corrected chi connectivity index (χ2v) is 9.46. The molecular weight excluding hydrogens is 496 g/mol. The van der Waals surface area contributed by atoms with Gasteiger partial charge in [-0.05, 0) is 45.5 Å². The minimum absolute atomic E-state index is 0.0332. The first-order chi connectivity index (χ1) is 18.6. The summed E-state index contributed by atoms with van der Waals surface area (Å²) < 4.78 is 0. The van der Waals surface area contributed by atoms with E-state index in [0.717, 1.165) is 34.2 Å². The van der Waals surface area contributed by atoms with Crippen LogP contribution in [0.25, 0.3) is 22.5 Å². The van der Waals surface area contributed by atoms with E-state index in [-0.39, 0.29) is 24.3 Å². The van der Waals surface area contributed by atoms with Crippen molar-refractivity contribution in [3.8, 4) is 22.5 Å². The van der Waals surface area contributed by atoms with Crippen molar-refractivity contribution in [3.63, 3.8) is 0 Å². The first kappa shape index (κ1) is 27.1. The number of nitrogens with zero attached hydrogens (tertiary/aromatic N) is 4. The molecule has 0 bridgehead atoms. The minimum Gasteiger partial charge on any atom is -0.347 e. The molecule has 0 aliphatic heterocycles. The largest absolute Gasteiger partial charge is 0.347 e. The Hall–Kier alpha value is -3.98. The van der Waals surface area contributed by atoms with Crippen LogP contribution >= 0.6 is 12.6 Å². The Morgan fingerprint density at radius 1 is 0.947 bits per heavy atom. The quantitative estimate of drug-likeness (QED) is 0.239. The zero-order valence-corrected chi connectivity index (χ0v) is 22.3. The van der Waals surface area contributed by atoms with E-state index in [1.165, 1.54) is 0 Å². The van der Waals surface area contributed by atoms with Crippen molar-refractivity contribution in [3.05, 3.63) is 90.0 Å². The van der Waals surface area contributed by atoms with E-state index in [1.54, 1.807) is 4.90 Å². The van der Waals surface area contributed by atoms with Gasteiger partial charge in [0.15, 0.2) is 5.82 Å². The van der Waals surface area contributed by atoms with Crippen LogP contribution < -0.4 is 5.32 Å². The average molecular weight is 529 g/mol. The van der Waals surface area contributed by atoms with E-state index < -0.39 is 0 Å². The number of nitrogens with one attached hydrogen (secondary N) is 2. The summed E-state index contributed by atoms with van der Waals surface area (Å²) in [5, 5.41) is 17.1. The van der Waals surface area contributed by atoms with Crippen LogP contribution in [-0.2, 0) is 22.6 Å². The highest BCUT2D eigenvalue weighted by atomic mass is 32.1. The molecule has 38 heavy (non-hydrogen) atoms. The fourth-order valence-corrected chi connectivity index (χ4v) is 4.64. The third-order valence-electron chi connectivity index (χ3n) is 6.34. The van der Waals surface area contributed by atoms with Gasteiger partial charge >= 0.3 is 0 Å². The Balaban J connectivity index is 1.38. The molecule has 1 atom stereocenters. The smallest absolute Gasteiger partial charge is 0.242 e. The van der Waals surface area contributed by atoms with Gasteiger partial charge in [-0.2, -0.15) is 12.6 Å². The molecule has 0 radical (unpaired) electrons. The summed E-state index contributed by atoms with van der Waals surface area (Å²) >= 11 is 4.36. The van der Waals surface area contributed by atoms with Crippen molar-refractivity contribution in [2.24, 2.45) is 5.92 Å². The summed E-state index contributed by atoms with van der Waals surface area (Å²) in [6, 6.07) is 25.9. The molecule has 3 aromatic carbocycles. The number of carbonyl (C=O) groups excluding carboxylic acids is 2. The van der Waals surface area contributed by atoms with Gasteiger partial charge in [-0.15, -0.1) is 5.10 Å². The maximum Gasteiger partial charge on any atom is 0.242 e. The van der Waals surface area contributed by atoms with Gasteiger partial charge in [-0.25, -0.2) is 5.10 Å². The van der Waals surface area contributed by atoms with Crippen LogP contribution in [0.4, 0.5) is 0 Å². The Morgan fingerprint density at radius 3 is 2.32 bits per heavy atom. The predicted octanol–water partition coefficient (Wildman–Crippen LogP) is 4.18. The van der Waals surface area contributed by atoms with Crippen LogP contribution in [0.5, 0.6) is 0 Å². The molecule has 0 saturated carbocycles. The van der Waals surface area contributed by atoms with E-state index in [2.05, 4.69) is 38.6 Å². The number of hydrogen-bond donors (Lipinski definition) is 3. The van der Waals surface area contributed by atoms with Crippen LogP contribution in [0.1, 0.15) is 24.5 Å². The molecule has 8 nitrogen and oxygen atoms in total. The number of amides is 2. The Bertz CT molecular complexity index is 1310. The predicted molar refractivity (Wildman–Crippen MR) is 151 cm³/mol. The lowest BCUT2D eigenvalue weighted by atomic mass is 9.98. The first-order valence-corrected chi connectivity index (χ1v) is 13.3. The van der Waals surface area contributed by atoms with Crippen LogP contribution in [0.15, 0.2) is 78.9 Å². The Labute approximate surface area is 228 Å². The summed E-state index contributed by atoms with van der Waals surface area (Å²) in [5.41, 5.74) is 5.03. The molecule has 0 aliphatic carbocycles. The highest BCUT2D eigenvalue weighted by Gasteiger charge is 2.20. The summed E-state index contributed by atoms with van der Waals surface area (Å²) in [6.07, 6.45) is 1.41. The van der Waals surface area contributed by atoms with E-state index in [9.17, 15) is 9.59 Å². The summed E-state index contributed by atoms with van der Waals surface area (Å²) in [4.78, 5) is 27.6. The standard InChI is InChI=1S/C29H32N6O2S/c1-2-16-35(27(36)18-30-29(37)24(20-38)17-21-8-4-3-5-9-21)19-22-12-14-23(15-13-22)25-10-6-7-11-26(25)28-31-33-34-32-28/h3-15,24,38H,2,16-20H2,1H3,(H,30,37)(H,31,32,33,34). The van der Waals surface area contributed by atoms with Crippen molar-refractivity contribution in [2.75, 3.05) is 18.8 Å². The molecule has 1 unspecified atom stereocenters. The second-order valence-electron chi connectivity index (χ2n) is 9.09. The van der Waals surface area contributed by atoms with Crippen LogP contribution in [-0.4, -0.2) is 56.2 Å². The monoisotopic (exact) mass is 528 g/mol. The van der Waals surface area contributed by atoms with Crippen molar-refractivity contribution in [2.45, 2.75) is 26.3 Å². The van der Waals surface area contributed by atoms with Gasteiger partial charge in [0.1, 0.15) is 0 Å². The molecule has 2 amide bonds. The lowest BCUT2D eigenvalue weighted by molar-refractivity contribution is -0.134. The zero-order valence-electron chi connectivity index (χ0n) is 21.4. The molecule has 1 heterocycles. The number of benzene rings is 3. The number of tetrazole rings is 1. The van der Waals surface area contributed by atoms with Gasteiger partial charge < -0.3 is 10.2 Å². The van der Waals surface area contributed by atoms with E-state index in [4.69, 9.17) is 0 Å². The highest BCUT2D eigenvalue weighted by Crippen LogP contribution is 2.29. The molecule has 0 aliphatic rings. The highest BCUT2D eigenvalue weighted by molar-refractivity contribution is 7.80. The lowest BCUT2D eigenvalue weighted by Gasteiger charge is -2.23. The number of aromatic amines is 1. The van der Waals surface area contributed by atoms with Crippen molar-refractivity contribution < 1.29 is 9.59 Å². The maximum absolute atomic E-state index is 13.0. The van der Waals surface area contributed by atoms with Crippen molar-refractivity contribution >= 4 is 24.4 Å². The number of thiol groups is 1. The lowest BCUT2D eigenvalue weighted by Crippen LogP contribution is -2.42.